The number of ether oxygens (including phenoxy) is 1. The Labute approximate surface area is 196 Å². The number of carbonyl (C=O) groups is 1. The van der Waals surface area contributed by atoms with E-state index >= 15 is 0 Å². The van der Waals surface area contributed by atoms with E-state index in [1.165, 1.54) is 34.8 Å². The first-order valence-corrected chi connectivity index (χ1v) is 11.1. The fourth-order valence-electron chi connectivity index (χ4n) is 3.51. The molecular weight excluding hydrogens is 437 g/mol. The van der Waals surface area contributed by atoms with Crippen LogP contribution in [0.1, 0.15) is 30.9 Å². The van der Waals surface area contributed by atoms with E-state index in [1.54, 1.807) is 16.8 Å². The first-order chi connectivity index (χ1) is 16.4. The smallest absolute Gasteiger partial charge is 0.264 e. The van der Waals surface area contributed by atoms with Crippen molar-refractivity contribution < 1.29 is 13.9 Å². The van der Waals surface area contributed by atoms with E-state index in [9.17, 15) is 14.0 Å². The fraction of sp³-hybridized carbons (Fsp3) is 0.280. The molecule has 0 aliphatic heterocycles. The molecule has 2 aromatic heterocycles. The second-order valence-electron chi connectivity index (χ2n) is 8.27. The minimum atomic E-state index is -0.329. The topological polar surface area (TPSA) is 91.0 Å². The summed E-state index contributed by atoms with van der Waals surface area (Å²) in [5.74, 6) is 0.491. The lowest BCUT2D eigenvalue weighted by molar-refractivity contribution is -0.123. The predicted molar refractivity (Wildman–Crippen MR) is 126 cm³/mol. The van der Waals surface area contributed by atoms with Crippen molar-refractivity contribution in [3.8, 4) is 5.75 Å². The molecular formula is C25H26FN5O3. The van der Waals surface area contributed by atoms with E-state index < -0.39 is 0 Å². The highest BCUT2D eigenvalue weighted by molar-refractivity contribution is 5.77. The van der Waals surface area contributed by atoms with Gasteiger partial charge in [-0.2, -0.15) is 5.10 Å². The highest BCUT2D eigenvalue weighted by Gasteiger charge is 2.11. The number of carbonyl (C=O) groups excluding carboxylic acids is 1. The van der Waals surface area contributed by atoms with Crippen LogP contribution in [0.4, 0.5) is 4.39 Å². The monoisotopic (exact) mass is 463 g/mol. The summed E-state index contributed by atoms with van der Waals surface area (Å²) in [6.07, 6.45) is 2.92. The zero-order chi connectivity index (χ0) is 24.1. The van der Waals surface area contributed by atoms with Crippen LogP contribution in [0.5, 0.6) is 5.75 Å². The van der Waals surface area contributed by atoms with Gasteiger partial charge in [0.1, 0.15) is 23.3 Å². The summed E-state index contributed by atoms with van der Waals surface area (Å²) >= 11 is 0. The van der Waals surface area contributed by atoms with Gasteiger partial charge in [0.05, 0.1) is 19.3 Å². The van der Waals surface area contributed by atoms with Gasteiger partial charge in [-0.3, -0.25) is 14.2 Å². The molecule has 0 atom stereocenters. The molecule has 2 heterocycles. The van der Waals surface area contributed by atoms with E-state index in [0.29, 0.717) is 35.8 Å². The highest BCUT2D eigenvalue weighted by Crippen LogP contribution is 2.18. The van der Waals surface area contributed by atoms with E-state index in [-0.39, 0.29) is 30.4 Å². The van der Waals surface area contributed by atoms with Gasteiger partial charge in [0.25, 0.3) is 11.5 Å². The molecule has 0 fully saturated rings. The van der Waals surface area contributed by atoms with Gasteiger partial charge in [0.2, 0.25) is 0 Å². The Bertz CT molecular complexity index is 1330. The molecule has 2 aromatic carbocycles. The van der Waals surface area contributed by atoms with Gasteiger partial charge in [0.15, 0.2) is 12.3 Å². The third-order valence-corrected chi connectivity index (χ3v) is 5.45. The molecule has 8 nitrogen and oxygen atoms in total. The van der Waals surface area contributed by atoms with Gasteiger partial charge in [-0.05, 0) is 41.3 Å². The van der Waals surface area contributed by atoms with Crippen molar-refractivity contribution >= 4 is 16.9 Å². The summed E-state index contributed by atoms with van der Waals surface area (Å²) in [5.41, 5.74) is 2.20. The van der Waals surface area contributed by atoms with Crippen LogP contribution in [0.15, 0.2) is 65.8 Å². The average molecular weight is 464 g/mol. The largest absolute Gasteiger partial charge is 0.484 e. The lowest BCUT2D eigenvalue weighted by atomic mass is 10.0. The SMILES string of the molecule is CC(C)c1ccc(OCC(=O)NCCn2ncc3c(=O)n(Cc4ccc(F)cc4)cnc32)cc1. The Kier molecular flexibility index (Phi) is 7.01. The van der Waals surface area contributed by atoms with Crippen molar-refractivity contribution in [3.05, 3.63) is 88.4 Å². The second-order valence-corrected chi connectivity index (χ2v) is 8.27. The molecule has 0 spiro atoms. The minimum absolute atomic E-state index is 0.0901. The van der Waals surface area contributed by atoms with Crippen LogP contribution in [-0.2, 0) is 17.9 Å². The Morgan fingerprint density at radius 1 is 1.12 bits per heavy atom. The van der Waals surface area contributed by atoms with E-state index in [0.717, 1.165) is 5.56 Å². The number of amides is 1. The number of benzene rings is 2. The number of hydrogen-bond acceptors (Lipinski definition) is 5. The van der Waals surface area contributed by atoms with Crippen LogP contribution in [0.3, 0.4) is 0 Å². The van der Waals surface area contributed by atoms with Gasteiger partial charge in [-0.1, -0.05) is 38.1 Å². The van der Waals surface area contributed by atoms with Crippen molar-refractivity contribution in [1.29, 1.82) is 0 Å². The van der Waals surface area contributed by atoms with E-state index in [1.807, 2.05) is 24.3 Å². The number of nitrogens with one attached hydrogen (secondary N) is 1. The average Bonchev–Trinajstić information content (AvgIpc) is 3.25. The van der Waals surface area contributed by atoms with Crippen LogP contribution >= 0.6 is 0 Å². The molecule has 0 radical (unpaired) electrons. The molecule has 34 heavy (non-hydrogen) atoms. The lowest BCUT2D eigenvalue weighted by Gasteiger charge is -2.10. The number of halogens is 1. The second kappa shape index (κ2) is 10.3. The number of hydrogen-bond donors (Lipinski definition) is 1. The number of fused-ring (bicyclic) bond motifs is 1. The molecule has 9 heteroatoms. The van der Waals surface area contributed by atoms with Crippen molar-refractivity contribution in [2.75, 3.05) is 13.2 Å². The van der Waals surface area contributed by atoms with Gasteiger partial charge in [-0.25, -0.2) is 14.1 Å². The van der Waals surface area contributed by atoms with Crippen LogP contribution < -0.4 is 15.6 Å². The number of aromatic nitrogens is 4. The number of nitrogens with zero attached hydrogens (tertiary/aromatic N) is 4. The summed E-state index contributed by atoms with van der Waals surface area (Å²) in [7, 11) is 0. The Hall–Kier alpha value is -4.01. The molecule has 1 N–H and O–H groups in total. The fourth-order valence-corrected chi connectivity index (χ4v) is 3.51. The maximum absolute atomic E-state index is 13.1. The Morgan fingerprint density at radius 3 is 2.56 bits per heavy atom. The van der Waals surface area contributed by atoms with Crippen LogP contribution in [0.25, 0.3) is 11.0 Å². The van der Waals surface area contributed by atoms with Crippen LogP contribution in [0.2, 0.25) is 0 Å². The highest BCUT2D eigenvalue weighted by atomic mass is 19.1. The summed E-state index contributed by atoms with van der Waals surface area (Å²) in [4.78, 5) is 29.3. The molecule has 0 saturated heterocycles. The van der Waals surface area contributed by atoms with Crippen LogP contribution in [-0.4, -0.2) is 38.4 Å². The summed E-state index contributed by atoms with van der Waals surface area (Å²) in [6, 6.07) is 13.6. The van der Waals surface area contributed by atoms with E-state index in [4.69, 9.17) is 4.74 Å². The standard InChI is InChI=1S/C25H26FN5O3/c1-17(2)19-5-9-21(10-6-19)34-15-23(32)27-11-12-31-24-22(13-29-31)25(33)30(16-28-24)14-18-3-7-20(26)8-4-18/h3-10,13,16-17H,11-12,14-15H2,1-2H3,(H,27,32). The lowest BCUT2D eigenvalue weighted by Crippen LogP contribution is -2.31. The maximum Gasteiger partial charge on any atom is 0.264 e. The van der Waals surface area contributed by atoms with Crippen molar-refractivity contribution in [3.63, 3.8) is 0 Å². The molecule has 1 amide bonds. The quantitative estimate of drug-likeness (QED) is 0.412. The maximum atomic E-state index is 13.1. The predicted octanol–water partition coefficient (Wildman–Crippen LogP) is 3.10. The Morgan fingerprint density at radius 2 is 1.85 bits per heavy atom. The molecule has 4 rings (SSSR count). The molecule has 4 aromatic rings. The van der Waals surface area contributed by atoms with Gasteiger partial charge >= 0.3 is 0 Å². The van der Waals surface area contributed by atoms with Crippen molar-refractivity contribution in [2.24, 2.45) is 0 Å². The summed E-state index contributed by atoms with van der Waals surface area (Å²) in [5, 5.41) is 7.40. The first kappa shape index (κ1) is 23.2. The zero-order valence-electron chi connectivity index (χ0n) is 19.1. The first-order valence-electron chi connectivity index (χ1n) is 11.1. The molecule has 0 saturated carbocycles. The summed E-state index contributed by atoms with van der Waals surface area (Å²) < 4.78 is 21.7. The van der Waals surface area contributed by atoms with Crippen molar-refractivity contribution in [2.45, 2.75) is 32.9 Å². The third-order valence-electron chi connectivity index (χ3n) is 5.45. The molecule has 0 bridgehead atoms. The number of rotatable bonds is 9. The molecule has 0 aliphatic carbocycles. The molecule has 0 unspecified atom stereocenters. The third kappa shape index (κ3) is 5.48. The minimum Gasteiger partial charge on any atom is -0.484 e. The van der Waals surface area contributed by atoms with Crippen molar-refractivity contribution in [1.82, 2.24) is 24.6 Å². The Balaban J connectivity index is 1.31. The van der Waals surface area contributed by atoms with Gasteiger partial charge in [-0.15, -0.1) is 0 Å². The van der Waals surface area contributed by atoms with Gasteiger partial charge in [0, 0.05) is 6.54 Å². The van der Waals surface area contributed by atoms with E-state index in [2.05, 4.69) is 29.2 Å². The zero-order valence-corrected chi connectivity index (χ0v) is 19.1. The molecule has 0 aliphatic rings. The normalized spacial score (nSPS) is 11.2. The molecule has 176 valence electrons. The summed E-state index contributed by atoms with van der Waals surface area (Å²) in [6.45, 7) is 5.09. The van der Waals surface area contributed by atoms with Crippen LogP contribution in [0, 0.1) is 5.82 Å². The van der Waals surface area contributed by atoms with Gasteiger partial charge < -0.3 is 10.1 Å².